The Labute approximate surface area is 108 Å². The van der Waals surface area contributed by atoms with E-state index in [4.69, 9.17) is 0 Å². The van der Waals surface area contributed by atoms with Gasteiger partial charge in [0.25, 0.3) is 0 Å². The molecule has 1 saturated heterocycles. The fourth-order valence-electron chi connectivity index (χ4n) is 2.44. The van der Waals surface area contributed by atoms with Crippen molar-refractivity contribution in [3.8, 4) is 0 Å². The molecule has 0 amide bonds. The zero-order chi connectivity index (χ0) is 12.5. The molecule has 0 aromatic heterocycles. The van der Waals surface area contributed by atoms with Crippen LogP contribution in [-0.4, -0.2) is 62.2 Å². The largest absolute Gasteiger partial charge is 0.317 e. The molecule has 1 aliphatic rings. The van der Waals surface area contributed by atoms with Crippen LogP contribution in [0.1, 0.15) is 33.6 Å². The average Bonchev–Trinajstić information content (AvgIpc) is 2.30. The number of hydrogen-bond acceptors (Lipinski definition) is 3. The van der Waals surface area contributed by atoms with Crippen molar-refractivity contribution in [3.63, 3.8) is 0 Å². The fraction of sp³-hybridized carbons (Fsp3) is 1.00. The van der Waals surface area contributed by atoms with E-state index < -0.39 is 0 Å². The summed E-state index contributed by atoms with van der Waals surface area (Å²) >= 11 is 0. The summed E-state index contributed by atoms with van der Waals surface area (Å²) in [6.45, 7) is 16.8. The summed E-state index contributed by atoms with van der Waals surface area (Å²) in [6, 6.07) is 0. The van der Waals surface area contributed by atoms with Crippen LogP contribution in [-0.2, 0) is 0 Å². The molecule has 0 aliphatic carbocycles. The quantitative estimate of drug-likeness (QED) is 0.652. The van der Waals surface area contributed by atoms with Gasteiger partial charge in [-0.05, 0) is 38.4 Å². The van der Waals surface area contributed by atoms with Crippen LogP contribution in [0.15, 0.2) is 0 Å². The van der Waals surface area contributed by atoms with Gasteiger partial charge in [0.1, 0.15) is 0 Å². The highest BCUT2D eigenvalue weighted by molar-refractivity contribution is 4.72. The predicted molar refractivity (Wildman–Crippen MR) is 75.5 cm³/mol. The molecule has 0 radical (unpaired) electrons. The van der Waals surface area contributed by atoms with Gasteiger partial charge >= 0.3 is 0 Å². The van der Waals surface area contributed by atoms with Crippen LogP contribution in [0.4, 0.5) is 0 Å². The molecule has 0 bridgehead atoms. The summed E-state index contributed by atoms with van der Waals surface area (Å²) < 4.78 is 0. The van der Waals surface area contributed by atoms with Crippen LogP contribution >= 0.6 is 0 Å². The zero-order valence-corrected chi connectivity index (χ0v) is 12.0. The number of nitrogens with zero attached hydrogens (tertiary/aromatic N) is 2. The highest BCUT2D eigenvalue weighted by Crippen LogP contribution is 2.05. The molecule has 17 heavy (non-hydrogen) atoms. The predicted octanol–water partition coefficient (Wildman–Crippen LogP) is 1.65. The number of hydrogen-bond donors (Lipinski definition) is 1. The second kappa shape index (κ2) is 8.90. The Balaban J connectivity index is 1.99. The molecule has 0 aromatic rings. The first-order valence-corrected chi connectivity index (χ1v) is 7.37. The normalized spacial score (nSPS) is 19.1. The standard InChI is InChI=1S/C14H31N3/c1-4-6-15-7-5-8-16-9-11-17(12-10-16)13-14(2)3/h14-15H,4-13H2,1-3H3. The molecule has 1 N–H and O–H groups in total. The molecule has 1 fully saturated rings. The Hall–Kier alpha value is -0.120. The summed E-state index contributed by atoms with van der Waals surface area (Å²) in [5.74, 6) is 0.805. The SMILES string of the molecule is CCCNCCCN1CCN(CC(C)C)CC1. The monoisotopic (exact) mass is 241 g/mol. The summed E-state index contributed by atoms with van der Waals surface area (Å²) in [5, 5.41) is 3.47. The van der Waals surface area contributed by atoms with Crippen molar-refractivity contribution in [2.24, 2.45) is 5.92 Å². The van der Waals surface area contributed by atoms with Gasteiger partial charge in [-0.3, -0.25) is 0 Å². The van der Waals surface area contributed by atoms with Crippen molar-refractivity contribution in [2.45, 2.75) is 33.6 Å². The molecule has 0 unspecified atom stereocenters. The van der Waals surface area contributed by atoms with E-state index in [0.717, 1.165) is 5.92 Å². The van der Waals surface area contributed by atoms with Crippen LogP contribution in [0.3, 0.4) is 0 Å². The Morgan fingerprint density at radius 3 is 2.24 bits per heavy atom. The highest BCUT2D eigenvalue weighted by atomic mass is 15.3. The van der Waals surface area contributed by atoms with E-state index >= 15 is 0 Å². The molecule has 102 valence electrons. The van der Waals surface area contributed by atoms with Gasteiger partial charge in [0.15, 0.2) is 0 Å². The van der Waals surface area contributed by atoms with E-state index in [0.29, 0.717) is 0 Å². The molecule has 3 heteroatoms. The third-order valence-corrected chi connectivity index (χ3v) is 3.34. The lowest BCUT2D eigenvalue weighted by molar-refractivity contribution is 0.121. The average molecular weight is 241 g/mol. The summed E-state index contributed by atoms with van der Waals surface area (Å²) in [4.78, 5) is 5.22. The minimum atomic E-state index is 0.805. The van der Waals surface area contributed by atoms with Crippen molar-refractivity contribution in [3.05, 3.63) is 0 Å². The van der Waals surface area contributed by atoms with Crippen molar-refractivity contribution >= 4 is 0 Å². The molecule has 3 nitrogen and oxygen atoms in total. The van der Waals surface area contributed by atoms with Gasteiger partial charge in [0.05, 0.1) is 0 Å². The van der Waals surface area contributed by atoms with E-state index in [1.807, 2.05) is 0 Å². The lowest BCUT2D eigenvalue weighted by Gasteiger charge is -2.35. The number of nitrogens with one attached hydrogen (secondary N) is 1. The van der Waals surface area contributed by atoms with Crippen molar-refractivity contribution in [2.75, 3.05) is 52.4 Å². The lowest BCUT2D eigenvalue weighted by atomic mass is 10.2. The molecule has 1 heterocycles. The summed E-state index contributed by atoms with van der Waals surface area (Å²) in [7, 11) is 0. The summed E-state index contributed by atoms with van der Waals surface area (Å²) in [6.07, 6.45) is 2.54. The molecular formula is C14H31N3. The zero-order valence-electron chi connectivity index (χ0n) is 12.0. The molecule has 0 atom stereocenters. The molecular weight excluding hydrogens is 210 g/mol. The maximum Gasteiger partial charge on any atom is 0.0110 e. The first kappa shape index (κ1) is 14.9. The Bertz CT molecular complexity index is 174. The van der Waals surface area contributed by atoms with E-state index in [1.54, 1.807) is 0 Å². The lowest BCUT2D eigenvalue weighted by Crippen LogP contribution is -2.47. The topological polar surface area (TPSA) is 18.5 Å². The van der Waals surface area contributed by atoms with Gasteiger partial charge in [0, 0.05) is 32.7 Å². The second-order valence-electron chi connectivity index (χ2n) is 5.64. The van der Waals surface area contributed by atoms with Gasteiger partial charge < -0.3 is 15.1 Å². The minimum absolute atomic E-state index is 0.805. The van der Waals surface area contributed by atoms with Crippen LogP contribution in [0.2, 0.25) is 0 Å². The fourth-order valence-corrected chi connectivity index (χ4v) is 2.44. The smallest absolute Gasteiger partial charge is 0.0110 e. The third kappa shape index (κ3) is 7.02. The summed E-state index contributed by atoms with van der Waals surface area (Å²) in [5.41, 5.74) is 0. The van der Waals surface area contributed by atoms with Crippen molar-refractivity contribution in [1.29, 1.82) is 0 Å². The molecule has 0 saturated carbocycles. The first-order valence-electron chi connectivity index (χ1n) is 7.37. The van der Waals surface area contributed by atoms with Gasteiger partial charge in [-0.1, -0.05) is 20.8 Å². The number of piperazine rings is 1. The van der Waals surface area contributed by atoms with E-state index in [-0.39, 0.29) is 0 Å². The van der Waals surface area contributed by atoms with Gasteiger partial charge in [0.2, 0.25) is 0 Å². The van der Waals surface area contributed by atoms with Crippen LogP contribution in [0.5, 0.6) is 0 Å². The third-order valence-electron chi connectivity index (χ3n) is 3.34. The molecule has 0 aromatic carbocycles. The molecule has 1 rings (SSSR count). The van der Waals surface area contributed by atoms with E-state index in [9.17, 15) is 0 Å². The van der Waals surface area contributed by atoms with Crippen LogP contribution in [0.25, 0.3) is 0 Å². The van der Waals surface area contributed by atoms with Crippen molar-refractivity contribution < 1.29 is 0 Å². The maximum absolute atomic E-state index is 3.47. The Morgan fingerprint density at radius 1 is 1.00 bits per heavy atom. The second-order valence-corrected chi connectivity index (χ2v) is 5.64. The van der Waals surface area contributed by atoms with Crippen LogP contribution < -0.4 is 5.32 Å². The first-order chi connectivity index (χ1) is 8.22. The highest BCUT2D eigenvalue weighted by Gasteiger charge is 2.16. The maximum atomic E-state index is 3.47. The van der Waals surface area contributed by atoms with Crippen LogP contribution in [0, 0.1) is 5.92 Å². The number of rotatable bonds is 8. The Morgan fingerprint density at radius 2 is 1.65 bits per heavy atom. The van der Waals surface area contributed by atoms with Crippen molar-refractivity contribution in [1.82, 2.24) is 15.1 Å². The van der Waals surface area contributed by atoms with Gasteiger partial charge in [-0.2, -0.15) is 0 Å². The minimum Gasteiger partial charge on any atom is -0.317 e. The van der Waals surface area contributed by atoms with E-state index in [2.05, 4.69) is 35.9 Å². The molecule has 0 spiro atoms. The van der Waals surface area contributed by atoms with Gasteiger partial charge in [-0.15, -0.1) is 0 Å². The van der Waals surface area contributed by atoms with Gasteiger partial charge in [-0.25, -0.2) is 0 Å². The molecule has 1 aliphatic heterocycles. The van der Waals surface area contributed by atoms with E-state index in [1.165, 1.54) is 65.2 Å². The Kier molecular flexibility index (Phi) is 7.82.